The molecular weight excluding hydrogens is 477 g/mol. The van der Waals surface area contributed by atoms with Gasteiger partial charge in [0.25, 0.3) is 19.5 Å². The monoisotopic (exact) mass is 496 g/mol. The average molecular weight is 497 g/mol. The Hall–Kier alpha value is -3.70. The molecule has 2 heterocycles. The molecule has 3 N–H and O–H groups in total. The predicted molar refractivity (Wildman–Crippen MR) is 128 cm³/mol. The van der Waals surface area contributed by atoms with Crippen LogP contribution in [0.25, 0.3) is 10.9 Å². The number of benzene rings is 2. The van der Waals surface area contributed by atoms with Crippen LogP contribution in [0.3, 0.4) is 0 Å². The predicted octanol–water partition coefficient (Wildman–Crippen LogP) is 3.05. The number of carbonyl (C=O) groups excluding carboxylic acids is 1. The third kappa shape index (κ3) is 4.39. The number of H-pyrrole nitrogens is 2. The highest BCUT2D eigenvalue weighted by Gasteiger charge is 2.36. The Labute approximate surface area is 199 Å². The lowest BCUT2D eigenvalue weighted by Crippen LogP contribution is -2.31. The fourth-order valence-corrected chi connectivity index (χ4v) is 6.23. The number of aryl methyl sites for hydroxylation is 1. The minimum Gasteiger partial charge on any atom is -0.350 e. The van der Waals surface area contributed by atoms with Gasteiger partial charge in [-0.2, -0.15) is 5.26 Å². The van der Waals surface area contributed by atoms with Crippen molar-refractivity contribution in [1.29, 1.82) is 5.26 Å². The lowest BCUT2D eigenvalue weighted by Gasteiger charge is -2.19. The number of aromatic nitrogens is 3. The summed E-state index contributed by atoms with van der Waals surface area (Å²) in [7, 11) is -2.55. The molecule has 11 heteroatoms. The number of hydrogen-bond acceptors (Lipinski definition) is 5. The molecule has 1 atom stereocenters. The van der Waals surface area contributed by atoms with Crippen LogP contribution >= 0.6 is 19.0 Å². The number of nitrogens with one attached hydrogen (secondary N) is 3. The molecule has 0 radical (unpaired) electrons. The molecule has 1 unspecified atom stereocenters. The Balaban J connectivity index is 1.87. The van der Waals surface area contributed by atoms with E-state index in [-0.39, 0.29) is 22.8 Å². The van der Waals surface area contributed by atoms with Gasteiger partial charge in [-0.25, -0.2) is 0 Å². The molecule has 0 spiro atoms. The SMILES string of the molecule is COP(=O)(c1cc(C)cc(C#N)c1)c1c(C(=O)NCc2cc[nH][n+](=O)c2)[nH]c2ccc(Cl)cc12. The maximum atomic E-state index is 14.4. The molecule has 2 aromatic carbocycles. The molecule has 4 aromatic rings. The number of nitrogens with zero attached hydrogens (tertiary/aromatic N) is 2. The standard InChI is InChI=1S/C23H19ClN5O4P/c1-14-7-16(11-25)9-18(8-14)34(32,33-2)22-19-10-17(24)3-4-20(19)28-21(22)23(30)26-12-15-5-6-27-29(31)13-15/h3-10,13H,12H2,1-2H3,(H2-,26,27,28,30,31,32)/p+1. The summed E-state index contributed by atoms with van der Waals surface area (Å²) in [5, 5.41) is 15.9. The van der Waals surface area contributed by atoms with E-state index in [0.717, 1.165) is 5.56 Å². The lowest BCUT2D eigenvalue weighted by atomic mass is 10.2. The Kier molecular flexibility index (Phi) is 6.40. The zero-order valence-corrected chi connectivity index (χ0v) is 19.9. The highest BCUT2D eigenvalue weighted by molar-refractivity contribution is 7.75. The first-order valence-corrected chi connectivity index (χ1v) is 12.1. The van der Waals surface area contributed by atoms with Gasteiger partial charge in [-0.1, -0.05) is 11.6 Å². The first-order chi connectivity index (χ1) is 16.2. The van der Waals surface area contributed by atoms with Crippen molar-refractivity contribution in [3.8, 4) is 6.07 Å². The quantitative estimate of drug-likeness (QED) is 0.278. The number of rotatable bonds is 6. The molecule has 2 aromatic heterocycles. The molecule has 9 nitrogen and oxygen atoms in total. The van der Waals surface area contributed by atoms with Gasteiger partial charge in [-0.15, -0.1) is 5.10 Å². The molecule has 0 bridgehead atoms. The molecule has 1 amide bonds. The van der Waals surface area contributed by atoms with Gasteiger partial charge in [0.05, 0.1) is 28.0 Å². The topological polar surface area (TPSA) is 134 Å². The van der Waals surface area contributed by atoms with Gasteiger partial charge in [0.2, 0.25) is 0 Å². The maximum Gasteiger partial charge on any atom is 0.268 e. The summed E-state index contributed by atoms with van der Waals surface area (Å²) in [5.41, 5.74) is 2.20. The fraction of sp³-hybridized carbons (Fsp3) is 0.130. The van der Waals surface area contributed by atoms with Gasteiger partial charge in [0, 0.05) is 40.4 Å². The van der Waals surface area contributed by atoms with E-state index >= 15 is 0 Å². The summed E-state index contributed by atoms with van der Waals surface area (Å²) < 4.78 is 20.5. The molecule has 0 aliphatic rings. The van der Waals surface area contributed by atoms with Crippen molar-refractivity contribution in [3.05, 3.63) is 87.2 Å². The molecule has 0 fully saturated rings. The van der Waals surface area contributed by atoms with Gasteiger partial charge in [0.1, 0.15) is 5.69 Å². The maximum absolute atomic E-state index is 14.4. The molecule has 0 aliphatic carbocycles. The van der Waals surface area contributed by atoms with Crippen LogP contribution in [-0.2, 0) is 15.6 Å². The minimum atomic E-state index is -3.85. The van der Waals surface area contributed by atoms with Gasteiger partial charge in [0.15, 0.2) is 4.54 Å². The van der Waals surface area contributed by atoms with Crippen LogP contribution in [0, 0.1) is 23.2 Å². The third-order valence-corrected chi connectivity index (χ3v) is 8.02. The number of hydrogen-bond donors (Lipinski definition) is 3. The molecule has 0 saturated carbocycles. The lowest BCUT2D eigenvalue weighted by molar-refractivity contribution is -0.564. The van der Waals surface area contributed by atoms with Crippen LogP contribution in [0.2, 0.25) is 5.02 Å². The molecule has 4 rings (SSSR count). The molecule has 172 valence electrons. The van der Waals surface area contributed by atoms with Crippen molar-refractivity contribution in [2.24, 2.45) is 0 Å². The molecule has 0 saturated heterocycles. The smallest absolute Gasteiger partial charge is 0.268 e. The van der Waals surface area contributed by atoms with Crippen LogP contribution in [0.5, 0.6) is 0 Å². The Morgan fingerprint density at radius 1 is 1.26 bits per heavy atom. The van der Waals surface area contributed by atoms with Crippen molar-refractivity contribution in [2.45, 2.75) is 13.5 Å². The number of halogens is 1. The van der Waals surface area contributed by atoms with Crippen LogP contribution in [0.1, 0.15) is 27.2 Å². The first kappa shape index (κ1) is 23.5. The molecular formula is C23H20ClN5O4P+. The van der Waals surface area contributed by atoms with Crippen LogP contribution in [0.15, 0.2) is 54.9 Å². The van der Waals surface area contributed by atoms with Gasteiger partial charge in [-0.05, 0) is 55.0 Å². The summed E-state index contributed by atoms with van der Waals surface area (Å²) in [6, 6.07) is 13.5. The van der Waals surface area contributed by atoms with Gasteiger partial charge < -0.3 is 14.8 Å². The first-order valence-electron chi connectivity index (χ1n) is 10.1. The van der Waals surface area contributed by atoms with E-state index in [1.54, 1.807) is 43.3 Å². The van der Waals surface area contributed by atoms with Gasteiger partial charge >= 0.3 is 0 Å². The van der Waals surface area contributed by atoms with Crippen molar-refractivity contribution in [2.75, 3.05) is 7.11 Å². The van der Waals surface area contributed by atoms with E-state index in [1.165, 1.54) is 25.6 Å². The summed E-state index contributed by atoms with van der Waals surface area (Å²) in [6.45, 7) is 1.84. The normalized spacial score (nSPS) is 12.8. The Bertz CT molecular complexity index is 1570. The van der Waals surface area contributed by atoms with Crippen molar-refractivity contribution in [1.82, 2.24) is 15.4 Å². The van der Waals surface area contributed by atoms with E-state index in [1.807, 2.05) is 0 Å². The summed E-state index contributed by atoms with van der Waals surface area (Å²) >= 11 is 6.22. The van der Waals surface area contributed by atoms with Crippen LogP contribution < -0.4 is 20.5 Å². The zero-order valence-electron chi connectivity index (χ0n) is 18.3. The van der Waals surface area contributed by atoms with Crippen molar-refractivity contribution in [3.63, 3.8) is 0 Å². The Morgan fingerprint density at radius 2 is 2.06 bits per heavy atom. The number of amides is 1. The number of carbonyl (C=O) groups is 1. The fourth-order valence-electron chi connectivity index (χ4n) is 3.77. The van der Waals surface area contributed by atoms with E-state index < -0.39 is 13.3 Å². The Morgan fingerprint density at radius 3 is 2.76 bits per heavy atom. The highest BCUT2D eigenvalue weighted by Crippen LogP contribution is 2.47. The largest absolute Gasteiger partial charge is 0.350 e. The summed E-state index contributed by atoms with van der Waals surface area (Å²) in [4.78, 5) is 27.8. The zero-order chi connectivity index (χ0) is 24.5. The second-order valence-corrected chi connectivity index (χ2v) is 10.5. The van der Waals surface area contributed by atoms with E-state index in [4.69, 9.17) is 16.1 Å². The second kappa shape index (κ2) is 9.27. The second-order valence-electron chi connectivity index (χ2n) is 7.62. The van der Waals surface area contributed by atoms with E-state index in [9.17, 15) is 19.5 Å². The summed E-state index contributed by atoms with van der Waals surface area (Å²) in [6.07, 6.45) is 2.75. The van der Waals surface area contributed by atoms with Gasteiger partial charge in [-0.3, -0.25) is 9.36 Å². The minimum absolute atomic E-state index is 0.0416. The van der Waals surface area contributed by atoms with Crippen LogP contribution in [-0.4, -0.2) is 23.1 Å². The molecule has 0 aliphatic heterocycles. The summed E-state index contributed by atoms with van der Waals surface area (Å²) in [5.74, 6) is -0.543. The van der Waals surface area contributed by atoms with E-state index in [2.05, 4.69) is 21.5 Å². The number of nitriles is 1. The van der Waals surface area contributed by atoms with Crippen molar-refractivity contribution < 1.29 is 18.4 Å². The highest BCUT2D eigenvalue weighted by atomic mass is 35.5. The third-order valence-electron chi connectivity index (χ3n) is 5.28. The average Bonchev–Trinajstić information content (AvgIpc) is 3.21. The van der Waals surface area contributed by atoms with Crippen LogP contribution in [0.4, 0.5) is 0 Å². The van der Waals surface area contributed by atoms with E-state index in [0.29, 0.717) is 31.6 Å². The number of aromatic amines is 2. The number of fused-ring (bicyclic) bond motifs is 1. The molecule has 34 heavy (non-hydrogen) atoms. The van der Waals surface area contributed by atoms with Crippen molar-refractivity contribution >= 4 is 46.4 Å².